The standard InChI is InChI=1S/C20H22N4O3/c1-12-16(6-3-7-17(12)24-20(27)13-8-9-13)23-18(25)11-22-15-5-2-4-14(10-15)19(21)26/h2-7,10,13,22H,8-9,11H2,1H3,(H2,21,26)(H,23,25)(H,24,27). The number of carbonyl (C=O) groups excluding carboxylic acids is 3. The Balaban J connectivity index is 1.59. The van der Waals surface area contributed by atoms with E-state index >= 15 is 0 Å². The molecule has 27 heavy (non-hydrogen) atoms. The maximum Gasteiger partial charge on any atom is 0.248 e. The second kappa shape index (κ2) is 7.90. The molecule has 0 heterocycles. The smallest absolute Gasteiger partial charge is 0.248 e. The number of nitrogens with one attached hydrogen (secondary N) is 3. The van der Waals surface area contributed by atoms with E-state index in [1.807, 2.05) is 13.0 Å². The number of carbonyl (C=O) groups is 3. The van der Waals surface area contributed by atoms with Gasteiger partial charge in [-0.05, 0) is 55.7 Å². The summed E-state index contributed by atoms with van der Waals surface area (Å²) in [6, 6.07) is 12.0. The van der Waals surface area contributed by atoms with E-state index < -0.39 is 5.91 Å². The number of hydrogen-bond acceptors (Lipinski definition) is 4. The Morgan fingerprint density at radius 1 is 1.04 bits per heavy atom. The van der Waals surface area contributed by atoms with E-state index in [2.05, 4.69) is 16.0 Å². The molecule has 1 aliphatic carbocycles. The van der Waals surface area contributed by atoms with Crippen molar-refractivity contribution in [3.05, 3.63) is 53.6 Å². The zero-order valence-corrected chi connectivity index (χ0v) is 15.0. The Bertz CT molecular complexity index is 891. The van der Waals surface area contributed by atoms with Gasteiger partial charge in [-0.2, -0.15) is 0 Å². The predicted octanol–water partition coefficient (Wildman–Crippen LogP) is 2.49. The Morgan fingerprint density at radius 3 is 2.37 bits per heavy atom. The van der Waals surface area contributed by atoms with Crippen molar-refractivity contribution in [2.75, 3.05) is 22.5 Å². The fourth-order valence-corrected chi connectivity index (χ4v) is 2.65. The number of amides is 3. The minimum absolute atomic E-state index is 0.0255. The Kier molecular flexibility index (Phi) is 5.40. The number of anilines is 3. The SMILES string of the molecule is Cc1c(NC(=O)CNc2cccc(C(N)=O)c2)cccc1NC(=O)C1CC1. The van der Waals surface area contributed by atoms with Crippen LogP contribution in [0.1, 0.15) is 28.8 Å². The molecule has 2 aromatic rings. The highest BCUT2D eigenvalue weighted by molar-refractivity contribution is 5.98. The summed E-state index contributed by atoms with van der Waals surface area (Å²) in [6.45, 7) is 1.88. The lowest BCUT2D eigenvalue weighted by Crippen LogP contribution is -2.23. The van der Waals surface area contributed by atoms with Gasteiger partial charge in [-0.25, -0.2) is 0 Å². The van der Waals surface area contributed by atoms with Gasteiger partial charge in [-0.15, -0.1) is 0 Å². The van der Waals surface area contributed by atoms with E-state index in [-0.39, 0.29) is 24.3 Å². The molecular weight excluding hydrogens is 344 g/mol. The van der Waals surface area contributed by atoms with Crippen LogP contribution in [0.2, 0.25) is 0 Å². The highest BCUT2D eigenvalue weighted by atomic mass is 16.2. The normalized spacial score (nSPS) is 12.9. The van der Waals surface area contributed by atoms with Crippen molar-refractivity contribution in [3.63, 3.8) is 0 Å². The summed E-state index contributed by atoms with van der Waals surface area (Å²) in [4.78, 5) is 35.4. The van der Waals surface area contributed by atoms with Crippen LogP contribution < -0.4 is 21.7 Å². The maximum atomic E-state index is 12.3. The number of nitrogens with two attached hydrogens (primary N) is 1. The second-order valence-electron chi connectivity index (χ2n) is 6.59. The molecule has 0 radical (unpaired) electrons. The lowest BCUT2D eigenvalue weighted by atomic mass is 10.1. The van der Waals surface area contributed by atoms with Gasteiger partial charge in [0.1, 0.15) is 0 Å². The lowest BCUT2D eigenvalue weighted by molar-refractivity contribution is -0.117. The van der Waals surface area contributed by atoms with E-state index in [1.54, 1.807) is 36.4 Å². The van der Waals surface area contributed by atoms with Crippen LogP contribution in [-0.2, 0) is 9.59 Å². The number of rotatable bonds is 7. The van der Waals surface area contributed by atoms with Crippen LogP contribution in [0.4, 0.5) is 17.1 Å². The zero-order chi connectivity index (χ0) is 19.4. The van der Waals surface area contributed by atoms with Gasteiger partial charge in [0.15, 0.2) is 0 Å². The molecule has 0 bridgehead atoms. The third-order valence-corrected chi connectivity index (χ3v) is 4.41. The summed E-state index contributed by atoms with van der Waals surface area (Å²) in [5, 5.41) is 8.70. The largest absolute Gasteiger partial charge is 0.376 e. The van der Waals surface area contributed by atoms with Crippen LogP contribution in [0.3, 0.4) is 0 Å². The minimum atomic E-state index is -0.524. The Labute approximate surface area is 157 Å². The van der Waals surface area contributed by atoms with Crippen LogP contribution >= 0.6 is 0 Å². The van der Waals surface area contributed by atoms with Gasteiger partial charge < -0.3 is 21.7 Å². The summed E-state index contributed by atoms with van der Waals surface area (Å²) in [5.74, 6) is -0.627. The molecule has 1 aliphatic rings. The van der Waals surface area contributed by atoms with Crippen LogP contribution in [0, 0.1) is 12.8 Å². The molecular formula is C20H22N4O3. The van der Waals surface area contributed by atoms with Crippen LogP contribution in [0.25, 0.3) is 0 Å². The Hall–Kier alpha value is -3.35. The molecule has 5 N–H and O–H groups in total. The number of benzene rings is 2. The fraction of sp³-hybridized carbons (Fsp3) is 0.250. The van der Waals surface area contributed by atoms with Gasteiger partial charge in [-0.3, -0.25) is 14.4 Å². The van der Waals surface area contributed by atoms with Gasteiger partial charge in [0.05, 0.1) is 6.54 Å². The van der Waals surface area contributed by atoms with Crippen molar-refractivity contribution in [2.24, 2.45) is 11.7 Å². The first-order chi connectivity index (χ1) is 12.9. The van der Waals surface area contributed by atoms with Gasteiger partial charge >= 0.3 is 0 Å². The molecule has 0 aromatic heterocycles. The molecule has 0 atom stereocenters. The van der Waals surface area contributed by atoms with Gasteiger partial charge in [-0.1, -0.05) is 12.1 Å². The molecule has 3 rings (SSSR count). The van der Waals surface area contributed by atoms with Gasteiger partial charge in [0.25, 0.3) is 0 Å². The third kappa shape index (κ3) is 4.84. The lowest BCUT2D eigenvalue weighted by Gasteiger charge is -2.14. The van der Waals surface area contributed by atoms with Crippen LogP contribution in [0.15, 0.2) is 42.5 Å². The molecule has 0 aliphatic heterocycles. The van der Waals surface area contributed by atoms with Crippen LogP contribution in [0.5, 0.6) is 0 Å². The van der Waals surface area contributed by atoms with E-state index in [1.165, 1.54) is 0 Å². The molecule has 7 nitrogen and oxygen atoms in total. The molecule has 0 unspecified atom stereocenters. The van der Waals surface area contributed by atoms with E-state index in [4.69, 9.17) is 5.73 Å². The highest BCUT2D eigenvalue weighted by Crippen LogP contribution is 2.31. The van der Waals surface area contributed by atoms with Crippen molar-refractivity contribution in [1.82, 2.24) is 0 Å². The molecule has 1 saturated carbocycles. The fourth-order valence-electron chi connectivity index (χ4n) is 2.65. The van der Waals surface area contributed by atoms with Crippen molar-refractivity contribution < 1.29 is 14.4 Å². The molecule has 1 fully saturated rings. The maximum absolute atomic E-state index is 12.3. The van der Waals surface area contributed by atoms with Gasteiger partial charge in [0.2, 0.25) is 17.7 Å². The van der Waals surface area contributed by atoms with Crippen molar-refractivity contribution in [1.29, 1.82) is 0 Å². The monoisotopic (exact) mass is 366 g/mol. The molecule has 0 saturated heterocycles. The summed E-state index contributed by atoms with van der Waals surface area (Å²) in [7, 11) is 0. The third-order valence-electron chi connectivity index (χ3n) is 4.41. The number of primary amides is 1. The summed E-state index contributed by atoms with van der Waals surface area (Å²) in [5.41, 5.74) is 8.39. The van der Waals surface area contributed by atoms with E-state index in [9.17, 15) is 14.4 Å². The first kappa shape index (κ1) is 18.4. The average molecular weight is 366 g/mol. The summed E-state index contributed by atoms with van der Waals surface area (Å²) in [6.07, 6.45) is 1.87. The first-order valence-electron chi connectivity index (χ1n) is 8.78. The predicted molar refractivity (Wildman–Crippen MR) is 105 cm³/mol. The Morgan fingerprint density at radius 2 is 1.70 bits per heavy atom. The molecule has 0 spiro atoms. The average Bonchev–Trinajstić information content (AvgIpc) is 3.49. The first-order valence-corrected chi connectivity index (χ1v) is 8.78. The molecule has 3 amide bonds. The summed E-state index contributed by atoms with van der Waals surface area (Å²) < 4.78 is 0. The quantitative estimate of drug-likeness (QED) is 0.603. The van der Waals surface area contributed by atoms with Crippen LogP contribution in [-0.4, -0.2) is 24.3 Å². The molecule has 2 aromatic carbocycles. The summed E-state index contributed by atoms with van der Waals surface area (Å²) >= 11 is 0. The topological polar surface area (TPSA) is 113 Å². The van der Waals surface area contributed by atoms with E-state index in [0.29, 0.717) is 22.6 Å². The zero-order valence-electron chi connectivity index (χ0n) is 15.0. The highest BCUT2D eigenvalue weighted by Gasteiger charge is 2.29. The van der Waals surface area contributed by atoms with Gasteiger partial charge in [0, 0.05) is 28.5 Å². The molecule has 140 valence electrons. The van der Waals surface area contributed by atoms with E-state index in [0.717, 1.165) is 18.4 Å². The van der Waals surface area contributed by atoms with Crippen molar-refractivity contribution in [3.8, 4) is 0 Å². The van der Waals surface area contributed by atoms with Crippen molar-refractivity contribution >= 4 is 34.8 Å². The molecule has 7 heteroatoms. The number of hydrogen-bond donors (Lipinski definition) is 4. The minimum Gasteiger partial charge on any atom is -0.376 e. The van der Waals surface area contributed by atoms with Crippen molar-refractivity contribution in [2.45, 2.75) is 19.8 Å². The second-order valence-corrected chi connectivity index (χ2v) is 6.59.